The van der Waals surface area contributed by atoms with Crippen LogP contribution in [0.5, 0.6) is 0 Å². The zero-order valence-corrected chi connectivity index (χ0v) is 26.6. The molecule has 5 nitrogen and oxygen atoms in total. The lowest BCUT2D eigenvalue weighted by molar-refractivity contribution is 0.669. The molecule has 0 aliphatic rings. The van der Waals surface area contributed by atoms with Crippen molar-refractivity contribution in [3.63, 3.8) is 0 Å². The van der Waals surface area contributed by atoms with Crippen LogP contribution >= 0.6 is 0 Å². The Kier molecular flexibility index (Phi) is 6.33. The number of hydrogen-bond acceptors (Lipinski definition) is 5. The number of hydrogen-bond donors (Lipinski definition) is 0. The molecule has 0 amide bonds. The van der Waals surface area contributed by atoms with Gasteiger partial charge in [0.2, 0.25) is 0 Å². The first-order valence-corrected chi connectivity index (χ1v) is 16.4. The number of nitrogens with zero attached hydrogens (tertiary/aromatic N) is 3. The minimum Gasteiger partial charge on any atom is -0.456 e. The zero-order chi connectivity index (χ0) is 33.0. The van der Waals surface area contributed by atoms with Crippen molar-refractivity contribution in [3.8, 4) is 56.4 Å². The van der Waals surface area contributed by atoms with E-state index in [0.717, 1.165) is 71.7 Å². The van der Waals surface area contributed by atoms with Gasteiger partial charge < -0.3 is 8.83 Å². The molecule has 7 aromatic carbocycles. The lowest BCUT2D eigenvalue weighted by Crippen LogP contribution is -2.00. The SMILES string of the molecule is c1ccc2oc3cc(-c4nc(-c5ccccc5)nc(-c5cccc6oc7cc(-c8ccc(-c9ccccc9)cc8)ccc7c56)n4)ccc3c2c#1. The summed E-state index contributed by atoms with van der Waals surface area (Å²) < 4.78 is 12.7. The topological polar surface area (TPSA) is 65.0 Å². The van der Waals surface area contributed by atoms with Gasteiger partial charge in [0.15, 0.2) is 17.5 Å². The van der Waals surface area contributed by atoms with Crippen LogP contribution in [0.4, 0.5) is 0 Å². The van der Waals surface area contributed by atoms with E-state index in [4.69, 9.17) is 23.8 Å². The van der Waals surface area contributed by atoms with Crippen molar-refractivity contribution in [2.75, 3.05) is 0 Å². The van der Waals surface area contributed by atoms with Gasteiger partial charge in [0.05, 0.1) is 5.39 Å². The van der Waals surface area contributed by atoms with Crippen molar-refractivity contribution >= 4 is 43.9 Å². The van der Waals surface area contributed by atoms with Gasteiger partial charge in [0.25, 0.3) is 0 Å². The molecule has 0 saturated heterocycles. The molecule has 0 saturated carbocycles. The smallest absolute Gasteiger partial charge is 0.164 e. The van der Waals surface area contributed by atoms with E-state index >= 15 is 0 Å². The Morgan fingerprint density at radius 1 is 0.400 bits per heavy atom. The molecule has 0 spiro atoms. The summed E-state index contributed by atoms with van der Waals surface area (Å²) in [6, 6.07) is 57.4. The number of fused-ring (bicyclic) bond motifs is 6. The second-order valence-electron chi connectivity index (χ2n) is 12.3. The minimum absolute atomic E-state index is 0.554. The second-order valence-corrected chi connectivity index (χ2v) is 12.3. The summed E-state index contributed by atoms with van der Waals surface area (Å²) in [6.45, 7) is 0. The monoisotopic (exact) mass is 639 g/mol. The highest BCUT2D eigenvalue weighted by atomic mass is 16.3. The first-order valence-electron chi connectivity index (χ1n) is 16.4. The standard InChI is InChI=1S/C45H25N3O2/c1-3-10-28(11-4-1)29-18-20-30(21-19-29)32-22-25-36-41(26-32)50-39-17-9-15-37(42(36)39)45-47-43(31-12-5-2-6-13-31)46-44(48-45)33-23-24-35-34-14-7-8-16-38(34)49-40(35)27-33/h1-6,8-13,15-27H. The fourth-order valence-electron chi connectivity index (χ4n) is 6.75. The number of furan rings is 2. The van der Waals surface area contributed by atoms with Gasteiger partial charge in [0, 0.05) is 32.8 Å². The van der Waals surface area contributed by atoms with Crippen LogP contribution < -0.4 is 0 Å². The van der Waals surface area contributed by atoms with Crippen LogP contribution in [0.1, 0.15) is 0 Å². The summed E-state index contributed by atoms with van der Waals surface area (Å²) in [6.07, 6.45) is 0. The Morgan fingerprint density at radius 2 is 0.980 bits per heavy atom. The van der Waals surface area contributed by atoms with Crippen LogP contribution in [0.25, 0.3) is 100 Å². The lowest BCUT2D eigenvalue weighted by Gasteiger charge is -2.09. The fraction of sp³-hybridized carbons (Fsp3) is 0. The van der Waals surface area contributed by atoms with Crippen molar-refractivity contribution in [1.29, 1.82) is 0 Å². The third kappa shape index (κ3) is 4.70. The molecule has 3 aromatic heterocycles. The summed E-state index contributed by atoms with van der Waals surface area (Å²) in [4.78, 5) is 15.1. The molecule has 50 heavy (non-hydrogen) atoms. The highest BCUT2D eigenvalue weighted by Gasteiger charge is 2.19. The second kappa shape index (κ2) is 11.3. The highest BCUT2D eigenvalue weighted by molar-refractivity contribution is 6.12. The van der Waals surface area contributed by atoms with Gasteiger partial charge in [-0.15, -0.1) is 0 Å². The molecule has 5 heteroatoms. The maximum atomic E-state index is 6.49. The van der Waals surface area contributed by atoms with E-state index in [2.05, 4.69) is 84.9 Å². The average molecular weight is 640 g/mol. The maximum absolute atomic E-state index is 6.49. The summed E-state index contributed by atoms with van der Waals surface area (Å²) >= 11 is 0. The molecule has 0 unspecified atom stereocenters. The van der Waals surface area contributed by atoms with Crippen molar-refractivity contribution in [1.82, 2.24) is 15.0 Å². The maximum Gasteiger partial charge on any atom is 0.164 e. The Balaban J connectivity index is 1.10. The predicted octanol–water partition coefficient (Wildman–Crippen LogP) is 11.6. The zero-order valence-electron chi connectivity index (χ0n) is 26.6. The van der Waals surface area contributed by atoms with E-state index in [0.29, 0.717) is 17.5 Å². The third-order valence-electron chi connectivity index (χ3n) is 9.22. The molecule has 10 rings (SSSR count). The molecular weight excluding hydrogens is 615 g/mol. The molecule has 0 radical (unpaired) electrons. The van der Waals surface area contributed by atoms with Gasteiger partial charge in [-0.25, -0.2) is 15.0 Å². The Hall–Kier alpha value is -7.03. The normalized spacial score (nSPS) is 11.4. The molecule has 0 aliphatic carbocycles. The Bertz CT molecular complexity index is 2850. The third-order valence-corrected chi connectivity index (χ3v) is 9.22. The van der Waals surface area contributed by atoms with Gasteiger partial charge in [-0.3, -0.25) is 0 Å². The average Bonchev–Trinajstić information content (AvgIpc) is 3.76. The molecule has 0 bridgehead atoms. The van der Waals surface area contributed by atoms with Crippen molar-refractivity contribution in [3.05, 3.63) is 164 Å². The van der Waals surface area contributed by atoms with Crippen LogP contribution in [0.15, 0.2) is 160 Å². The summed E-state index contributed by atoms with van der Waals surface area (Å²) in [5, 5.41) is 3.84. The minimum atomic E-state index is 0.554. The van der Waals surface area contributed by atoms with Gasteiger partial charge in [-0.05, 0) is 64.7 Å². The van der Waals surface area contributed by atoms with Crippen molar-refractivity contribution in [2.24, 2.45) is 0 Å². The molecule has 0 atom stereocenters. The molecule has 3 heterocycles. The summed E-state index contributed by atoms with van der Waals surface area (Å²) in [7, 11) is 0. The van der Waals surface area contributed by atoms with Gasteiger partial charge in [-0.2, -0.15) is 0 Å². The van der Waals surface area contributed by atoms with E-state index in [1.54, 1.807) is 6.07 Å². The lowest BCUT2D eigenvalue weighted by atomic mass is 9.99. The van der Waals surface area contributed by atoms with Crippen LogP contribution in [0.3, 0.4) is 0 Å². The van der Waals surface area contributed by atoms with E-state index < -0.39 is 0 Å². The van der Waals surface area contributed by atoms with E-state index in [1.165, 1.54) is 11.1 Å². The van der Waals surface area contributed by atoms with E-state index in [-0.39, 0.29) is 0 Å². The van der Waals surface area contributed by atoms with Crippen molar-refractivity contribution in [2.45, 2.75) is 0 Å². The molecule has 10 aromatic rings. The molecular formula is C45H25N3O2. The molecule has 0 fully saturated rings. The molecule has 0 aliphatic heterocycles. The molecule has 232 valence electrons. The van der Waals surface area contributed by atoms with Crippen molar-refractivity contribution < 1.29 is 8.83 Å². The first kappa shape index (κ1) is 28.0. The summed E-state index contributed by atoms with van der Waals surface area (Å²) in [5.41, 5.74) is 10.3. The number of aromatic nitrogens is 3. The van der Waals surface area contributed by atoms with Gasteiger partial charge in [-0.1, -0.05) is 121 Å². The Labute approximate surface area is 287 Å². The predicted molar refractivity (Wildman–Crippen MR) is 199 cm³/mol. The first-order chi connectivity index (χ1) is 24.7. The van der Waals surface area contributed by atoms with Gasteiger partial charge >= 0.3 is 0 Å². The summed E-state index contributed by atoms with van der Waals surface area (Å²) in [5.74, 6) is 1.71. The van der Waals surface area contributed by atoms with Crippen LogP contribution in [-0.2, 0) is 0 Å². The van der Waals surface area contributed by atoms with Crippen LogP contribution in [0, 0.1) is 12.1 Å². The van der Waals surface area contributed by atoms with E-state index in [9.17, 15) is 0 Å². The fourth-order valence-corrected chi connectivity index (χ4v) is 6.75. The van der Waals surface area contributed by atoms with Gasteiger partial charge in [0.1, 0.15) is 22.3 Å². The van der Waals surface area contributed by atoms with E-state index in [1.807, 2.05) is 72.8 Å². The number of benzene rings is 6. The van der Waals surface area contributed by atoms with Crippen LogP contribution in [-0.4, -0.2) is 15.0 Å². The van der Waals surface area contributed by atoms with Crippen LogP contribution in [0.2, 0.25) is 0 Å². The molecule has 0 N–H and O–H groups in total. The largest absolute Gasteiger partial charge is 0.456 e. The number of rotatable bonds is 5. The Morgan fingerprint density at radius 3 is 1.78 bits per heavy atom. The quantitative estimate of drug-likeness (QED) is 0.187. The highest BCUT2D eigenvalue weighted by Crippen LogP contribution is 2.39.